The van der Waals surface area contributed by atoms with Crippen LogP contribution in [0, 0.1) is 0 Å². The van der Waals surface area contributed by atoms with Gasteiger partial charge in [-0.15, -0.1) is 0 Å². The Bertz CT molecular complexity index is 1780. The first-order chi connectivity index (χ1) is 21.7. The van der Waals surface area contributed by atoms with E-state index in [9.17, 15) is 14.7 Å². The zero-order valence-electron chi connectivity index (χ0n) is 25.5. The molecule has 0 saturated heterocycles. The van der Waals surface area contributed by atoms with Gasteiger partial charge in [0, 0.05) is 82.2 Å². The van der Waals surface area contributed by atoms with Crippen LogP contribution in [0.3, 0.4) is 0 Å². The van der Waals surface area contributed by atoms with Crippen LogP contribution in [0.25, 0.3) is 11.1 Å². The zero-order valence-corrected chi connectivity index (χ0v) is 27.0. The maximum absolute atomic E-state index is 13.4. The van der Waals surface area contributed by atoms with Gasteiger partial charge < -0.3 is 24.9 Å². The Balaban J connectivity index is 1.22. The third-order valence-electron chi connectivity index (χ3n) is 8.72. The first kappa shape index (κ1) is 31.3. The molecular weight excluding hydrogens is 615 g/mol. The first-order valence-electron chi connectivity index (χ1n) is 15.0. The number of imidazole rings is 2. The van der Waals surface area contributed by atoms with Gasteiger partial charge in [0.1, 0.15) is 0 Å². The highest BCUT2D eigenvalue weighted by Gasteiger charge is 2.27. The molecule has 4 aromatic rings. The van der Waals surface area contributed by atoms with Crippen molar-refractivity contribution in [2.75, 3.05) is 43.4 Å². The van der Waals surface area contributed by atoms with Gasteiger partial charge in [-0.05, 0) is 18.7 Å². The van der Waals surface area contributed by atoms with E-state index in [1.165, 1.54) is 0 Å². The molecule has 236 valence electrons. The fraction of sp³-hybridized carbons (Fsp3) is 0.375. The lowest BCUT2D eigenvalue weighted by molar-refractivity contribution is 0.100. The summed E-state index contributed by atoms with van der Waals surface area (Å²) in [7, 11) is 3.70. The lowest BCUT2D eigenvalue weighted by atomic mass is 10.0. The van der Waals surface area contributed by atoms with E-state index in [4.69, 9.17) is 23.2 Å². The number of carbonyl (C=O) groups is 2. The van der Waals surface area contributed by atoms with Gasteiger partial charge in [-0.1, -0.05) is 54.4 Å². The molecule has 6 rings (SSSR count). The number of aliphatic hydroxyl groups excluding tert-OH is 1. The molecule has 0 aliphatic carbocycles. The van der Waals surface area contributed by atoms with E-state index in [0.29, 0.717) is 51.5 Å². The quantitative estimate of drug-likeness (QED) is 0.259. The van der Waals surface area contributed by atoms with Crippen LogP contribution in [-0.2, 0) is 40.0 Å². The molecule has 0 spiro atoms. The highest BCUT2D eigenvalue weighted by atomic mass is 35.5. The lowest BCUT2D eigenvalue weighted by Gasteiger charge is -2.25. The van der Waals surface area contributed by atoms with Crippen LogP contribution in [0.4, 0.5) is 11.4 Å². The number of anilines is 2. The second-order valence-electron chi connectivity index (χ2n) is 11.4. The average molecular weight is 652 g/mol. The Morgan fingerprint density at radius 1 is 0.800 bits per heavy atom. The number of carbonyl (C=O) groups excluding carboxylic acids is 2. The fourth-order valence-corrected chi connectivity index (χ4v) is 6.75. The maximum Gasteiger partial charge on any atom is 0.291 e. The number of hydrogen-bond donors (Lipinski definition) is 3. The number of amides is 2. The van der Waals surface area contributed by atoms with Gasteiger partial charge in [-0.25, -0.2) is 9.97 Å². The van der Waals surface area contributed by atoms with E-state index in [1.54, 1.807) is 24.3 Å². The molecule has 2 aliphatic rings. The molecule has 0 atom stereocenters. The highest BCUT2D eigenvalue weighted by Crippen LogP contribution is 2.40. The molecule has 3 N–H and O–H groups in total. The van der Waals surface area contributed by atoms with Gasteiger partial charge in [0.2, 0.25) is 0 Å². The molecule has 0 saturated carbocycles. The van der Waals surface area contributed by atoms with Gasteiger partial charge in [0.25, 0.3) is 11.8 Å². The topological polar surface area (TPSA) is 121 Å². The summed E-state index contributed by atoms with van der Waals surface area (Å²) in [5.41, 5.74) is 5.88. The average Bonchev–Trinajstić information content (AvgIpc) is 3.55. The molecule has 13 heteroatoms. The molecule has 0 unspecified atom stereocenters. The normalized spacial score (nSPS) is 15.1. The highest BCUT2D eigenvalue weighted by molar-refractivity contribution is 6.40. The van der Waals surface area contributed by atoms with Crippen LogP contribution in [0.2, 0.25) is 10.0 Å². The molecule has 0 fully saturated rings. The number of nitrogens with one attached hydrogen (secondary N) is 2. The largest absolute Gasteiger partial charge is 0.395 e. The number of hydrogen-bond acceptors (Lipinski definition) is 7. The predicted octanol–water partition coefficient (Wildman–Crippen LogP) is 4.36. The van der Waals surface area contributed by atoms with Crippen molar-refractivity contribution in [1.82, 2.24) is 28.9 Å². The second-order valence-corrected chi connectivity index (χ2v) is 12.1. The number of aliphatic hydroxyl groups is 1. The SMILES string of the molecule is CCN1CCc2c(nc(C(=O)Nc3cccc(-c4cccc(NC(=O)c5nc6c(n5C)CCN(CCO)C6)c4Cl)c3Cl)n2C)C1. The van der Waals surface area contributed by atoms with Gasteiger partial charge in [0.05, 0.1) is 39.4 Å². The Morgan fingerprint density at radius 3 is 1.73 bits per heavy atom. The molecule has 0 radical (unpaired) electrons. The predicted molar refractivity (Wildman–Crippen MR) is 175 cm³/mol. The molecule has 2 aliphatic heterocycles. The number of β-amino-alcohol motifs (C(OH)–C–C–N with tert-alkyl or cyclic N) is 1. The number of fused-ring (bicyclic) bond motifs is 2. The van der Waals surface area contributed by atoms with Crippen LogP contribution < -0.4 is 10.6 Å². The van der Waals surface area contributed by atoms with Gasteiger partial charge in [-0.2, -0.15) is 0 Å². The van der Waals surface area contributed by atoms with Gasteiger partial charge in [0.15, 0.2) is 11.6 Å². The summed E-state index contributed by atoms with van der Waals surface area (Å²) in [6.45, 7) is 6.73. The number of rotatable bonds is 8. The Kier molecular flexibility index (Phi) is 8.98. The molecular formula is C32H36Cl2N8O3. The zero-order chi connectivity index (χ0) is 31.8. The van der Waals surface area contributed by atoms with Crippen LogP contribution in [0.1, 0.15) is 50.9 Å². The summed E-state index contributed by atoms with van der Waals surface area (Å²) < 4.78 is 3.68. The van der Waals surface area contributed by atoms with Crippen molar-refractivity contribution in [2.45, 2.75) is 32.9 Å². The van der Waals surface area contributed by atoms with E-state index in [-0.39, 0.29) is 24.2 Å². The monoisotopic (exact) mass is 650 g/mol. The molecule has 45 heavy (non-hydrogen) atoms. The van der Waals surface area contributed by atoms with E-state index < -0.39 is 0 Å². The number of aromatic nitrogens is 4. The van der Waals surface area contributed by atoms with Crippen molar-refractivity contribution in [3.05, 3.63) is 80.9 Å². The van der Waals surface area contributed by atoms with E-state index in [0.717, 1.165) is 61.8 Å². The first-order valence-corrected chi connectivity index (χ1v) is 15.8. The minimum Gasteiger partial charge on any atom is -0.395 e. The van der Waals surface area contributed by atoms with Crippen LogP contribution in [0.15, 0.2) is 36.4 Å². The van der Waals surface area contributed by atoms with E-state index in [1.807, 2.05) is 35.4 Å². The Labute approximate surface area is 271 Å². The number of halogens is 2. The van der Waals surface area contributed by atoms with Gasteiger partial charge in [-0.3, -0.25) is 19.4 Å². The molecule has 2 aromatic carbocycles. The molecule has 2 aromatic heterocycles. The number of benzene rings is 2. The number of nitrogens with zero attached hydrogens (tertiary/aromatic N) is 6. The summed E-state index contributed by atoms with van der Waals surface area (Å²) in [6, 6.07) is 10.7. The maximum atomic E-state index is 13.4. The lowest BCUT2D eigenvalue weighted by Crippen LogP contribution is -2.33. The number of likely N-dealkylation sites (N-methyl/N-ethyl adjacent to an activating group) is 1. The standard InChI is InChI=1S/C32H36Cl2N8O3/c1-4-41-13-11-25-23(17-41)35-29(39(25)2)31(44)37-21-9-5-7-19(27(21)33)20-8-6-10-22(28(20)34)38-32(45)30-36-24-18-42(15-16-43)14-12-26(24)40(30)3/h5-10,43H,4,11-18H2,1-3H3,(H,37,44)(H,38,45). The van der Waals surface area contributed by atoms with Crippen molar-refractivity contribution in [3.8, 4) is 11.1 Å². The Hall–Kier alpha value is -3.74. The summed E-state index contributed by atoms with van der Waals surface area (Å²) in [5, 5.41) is 15.8. The molecule has 2 amide bonds. The van der Waals surface area contributed by atoms with Crippen molar-refractivity contribution in [2.24, 2.45) is 14.1 Å². The van der Waals surface area contributed by atoms with Crippen molar-refractivity contribution < 1.29 is 14.7 Å². The van der Waals surface area contributed by atoms with E-state index >= 15 is 0 Å². The van der Waals surface area contributed by atoms with Crippen LogP contribution in [0.5, 0.6) is 0 Å². The van der Waals surface area contributed by atoms with Crippen molar-refractivity contribution in [1.29, 1.82) is 0 Å². The third kappa shape index (κ3) is 5.98. The Morgan fingerprint density at radius 2 is 1.27 bits per heavy atom. The summed E-state index contributed by atoms with van der Waals surface area (Å²) >= 11 is 13.7. The van der Waals surface area contributed by atoms with Gasteiger partial charge >= 0.3 is 0 Å². The van der Waals surface area contributed by atoms with Crippen LogP contribution >= 0.6 is 23.2 Å². The summed E-state index contributed by atoms with van der Waals surface area (Å²) in [4.78, 5) is 40.4. The van der Waals surface area contributed by atoms with E-state index in [2.05, 4.69) is 37.3 Å². The minimum absolute atomic E-state index is 0.0769. The second kappa shape index (κ2) is 12.9. The smallest absolute Gasteiger partial charge is 0.291 e. The third-order valence-corrected chi connectivity index (χ3v) is 9.54. The molecule has 11 nitrogen and oxygen atoms in total. The summed E-state index contributed by atoms with van der Waals surface area (Å²) in [6.07, 6.45) is 1.58. The summed E-state index contributed by atoms with van der Waals surface area (Å²) in [5.74, 6) is -0.113. The fourth-order valence-electron chi connectivity index (χ4n) is 6.20. The molecule has 0 bridgehead atoms. The molecule has 4 heterocycles. The van der Waals surface area contributed by atoms with Crippen molar-refractivity contribution >= 4 is 46.4 Å². The minimum atomic E-state index is -0.383. The van der Waals surface area contributed by atoms with Crippen molar-refractivity contribution in [3.63, 3.8) is 0 Å². The van der Waals surface area contributed by atoms with Crippen LogP contribution in [-0.4, -0.2) is 78.6 Å².